The molecule has 3 nitrogen and oxygen atoms in total. The normalized spacial score (nSPS) is 21.2. The first-order chi connectivity index (χ1) is 9.06. The first kappa shape index (κ1) is 15.1. The maximum absolute atomic E-state index is 6.61. The molecule has 0 spiro atoms. The van der Waals surface area contributed by atoms with Crippen molar-refractivity contribution in [3.63, 3.8) is 0 Å². The Hall–Kier alpha value is -0.290. The zero-order valence-electron chi connectivity index (χ0n) is 11.3. The highest BCUT2D eigenvalue weighted by atomic mass is 79.9. The number of methoxy groups -OCH3 is 1. The molecule has 1 aromatic rings. The lowest BCUT2D eigenvalue weighted by atomic mass is 9.98. The van der Waals surface area contributed by atoms with Crippen LogP contribution in [0.25, 0.3) is 0 Å². The van der Waals surface area contributed by atoms with Crippen LogP contribution in [0.4, 0.5) is 0 Å². The largest absolute Gasteiger partial charge is 0.496 e. The van der Waals surface area contributed by atoms with Gasteiger partial charge < -0.3 is 14.2 Å². The van der Waals surface area contributed by atoms with Crippen LogP contribution in [0, 0.1) is 13.8 Å². The quantitative estimate of drug-likeness (QED) is 0.778. The minimum absolute atomic E-state index is 0.142. The third-order valence-corrected chi connectivity index (χ3v) is 4.68. The Morgan fingerprint density at radius 1 is 1.42 bits per heavy atom. The molecule has 1 aliphatic rings. The van der Waals surface area contributed by atoms with Crippen molar-refractivity contribution >= 4 is 27.5 Å². The highest BCUT2D eigenvalue weighted by Gasteiger charge is 2.29. The van der Waals surface area contributed by atoms with Crippen molar-refractivity contribution in [2.75, 3.05) is 26.9 Å². The van der Waals surface area contributed by atoms with Gasteiger partial charge in [-0.1, -0.05) is 15.9 Å². The lowest BCUT2D eigenvalue weighted by Gasteiger charge is -2.29. The molecule has 0 aliphatic carbocycles. The SMILES string of the molecule is COc1c(C)cc(Br)c(C)c1C(Cl)C1COCCO1. The van der Waals surface area contributed by atoms with Crippen molar-refractivity contribution in [1.82, 2.24) is 0 Å². The molecule has 19 heavy (non-hydrogen) atoms. The van der Waals surface area contributed by atoms with E-state index < -0.39 is 0 Å². The summed E-state index contributed by atoms with van der Waals surface area (Å²) < 4.78 is 17.7. The minimum atomic E-state index is -0.286. The summed E-state index contributed by atoms with van der Waals surface area (Å²) in [6.07, 6.45) is -0.142. The molecule has 1 aromatic carbocycles. The van der Waals surface area contributed by atoms with E-state index in [1.165, 1.54) is 0 Å². The Kier molecular flexibility index (Phi) is 5.12. The van der Waals surface area contributed by atoms with Gasteiger partial charge >= 0.3 is 0 Å². The fourth-order valence-corrected chi connectivity index (χ4v) is 3.30. The van der Waals surface area contributed by atoms with Crippen LogP contribution in [0.2, 0.25) is 0 Å². The van der Waals surface area contributed by atoms with Crippen LogP contribution in [0.1, 0.15) is 22.1 Å². The molecule has 0 bridgehead atoms. The van der Waals surface area contributed by atoms with Crippen molar-refractivity contribution in [3.8, 4) is 5.75 Å². The second-order valence-corrected chi connectivity index (χ2v) is 5.96. The number of hydrogen-bond donors (Lipinski definition) is 0. The van der Waals surface area contributed by atoms with Crippen LogP contribution >= 0.6 is 27.5 Å². The van der Waals surface area contributed by atoms with Gasteiger partial charge in [0.15, 0.2) is 0 Å². The van der Waals surface area contributed by atoms with Crippen molar-refractivity contribution in [2.24, 2.45) is 0 Å². The number of halogens is 2. The molecule has 2 unspecified atom stereocenters. The molecule has 1 heterocycles. The number of hydrogen-bond acceptors (Lipinski definition) is 3. The monoisotopic (exact) mass is 348 g/mol. The molecule has 1 aliphatic heterocycles. The first-order valence-electron chi connectivity index (χ1n) is 6.23. The van der Waals surface area contributed by atoms with Gasteiger partial charge in [-0.25, -0.2) is 0 Å². The molecule has 0 radical (unpaired) electrons. The zero-order valence-corrected chi connectivity index (χ0v) is 13.7. The Morgan fingerprint density at radius 2 is 2.16 bits per heavy atom. The fraction of sp³-hybridized carbons (Fsp3) is 0.571. The van der Waals surface area contributed by atoms with Gasteiger partial charge in [0.05, 0.1) is 32.3 Å². The van der Waals surface area contributed by atoms with Crippen molar-refractivity contribution in [1.29, 1.82) is 0 Å². The molecule has 0 amide bonds. The molecule has 0 N–H and O–H groups in total. The van der Waals surface area contributed by atoms with Crippen LogP contribution in [0.5, 0.6) is 5.75 Å². The molecule has 1 fully saturated rings. The third kappa shape index (κ3) is 3.07. The molecule has 5 heteroatoms. The lowest BCUT2D eigenvalue weighted by Crippen LogP contribution is -2.32. The summed E-state index contributed by atoms with van der Waals surface area (Å²) in [6, 6.07) is 2.04. The predicted molar refractivity (Wildman–Crippen MR) is 79.3 cm³/mol. The first-order valence-corrected chi connectivity index (χ1v) is 7.46. The second-order valence-electron chi connectivity index (χ2n) is 4.63. The van der Waals surface area contributed by atoms with E-state index in [-0.39, 0.29) is 11.5 Å². The maximum atomic E-state index is 6.61. The number of ether oxygens (including phenoxy) is 3. The standard InChI is InChI=1S/C14H18BrClO3/c1-8-6-10(15)9(2)12(14(8)17-3)13(16)11-7-18-4-5-19-11/h6,11,13H,4-5,7H2,1-3H3. The average molecular weight is 350 g/mol. The summed E-state index contributed by atoms with van der Waals surface area (Å²) in [4.78, 5) is 0. The average Bonchev–Trinajstić information content (AvgIpc) is 2.42. The Bertz CT molecular complexity index is 458. The van der Waals surface area contributed by atoms with Crippen LogP contribution < -0.4 is 4.74 Å². The Labute approximate surface area is 127 Å². The topological polar surface area (TPSA) is 27.7 Å². The summed E-state index contributed by atoms with van der Waals surface area (Å²) in [6.45, 7) is 5.77. The van der Waals surface area contributed by atoms with Gasteiger partial charge in [0.25, 0.3) is 0 Å². The Morgan fingerprint density at radius 3 is 2.74 bits per heavy atom. The van der Waals surface area contributed by atoms with Crippen LogP contribution in [-0.4, -0.2) is 33.0 Å². The van der Waals surface area contributed by atoms with Gasteiger partial charge in [-0.3, -0.25) is 0 Å². The third-order valence-electron chi connectivity index (χ3n) is 3.36. The molecule has 1 saturated heterocycles. The molecule has 2 atom stereocenters. The van der Waals surface area contributed by atoms with Gasteiger partial charge in [0.2, 0.25) is 0 Å². The number of rotatable bonds is 3. The van der Waals surface area contributed by atoms with E-state index in [1.54, 1.807) is 7.11 Å². The highest BCUT2D eigenvalue weighted by Crippen LogP contribution is 2.41. The van der Waals surface area contributed by atoms with Crippen molar-refractivity contribution in [3.05, 3.63) is 27.2 Å². The molecule has 106 valence electrons. The molecule has 2 rings (SSSR count). The summed E-state index contributed by atoms with van der Waals surface area (Å²) in [5.74, 6) is 0.829. The Balaban J connectivity index is 2.41. The maximum Gasteiger partial charge on any atom is 0.126 e. The second kappa shape index (κ2) is 6.44. The zero-order chi connectivity index (χ0) is 14.0. The van der Waals surface area contributed by atoms with Gasteiger partial charge in [-0.2, -0.15) is 0 Å². The van der Waals surface area contributed by atoms with Crippen LogP contribution in [0.3, 0.4) is 0 Å². The minimum Gasteiger partial charge on any atom is -0.496 e. The van der Waals surface area contributed by atoms with Crippen LogP contribution in [-0.2, 0) is 9.47 Å². The summed E-state index contributed by atoms with van der Waals surface area (Å²) in [5, 5.41) is -0.286. The number of benzene rings is 1. The van der Waals surface area contributed by atoms with E-state index in [4.69, 9.17) is 25.8 Å². The predicted octanol–water partition coefficient (Wildman–Crippen LogP) is 3.77. The van der Waals surface area contributed by atoms with E-state index in [2.05, 4.69) is 15.9 Å². The highest BCUT2D eigenvalue weighted by molar-refractivity contribution is 9.10. The van der Waals surface area contributed by atoms with Crippen molar-refractivity contribution in [2.45, 2.75) is 25.3 Å². The molecule has 0 saturated carbocycles. The molecular formula is C14H18BrClO3. The van der Waals surface area contributed by atoms with E-state index in [0.29, 0.717) is 19.8 Å². The van der Waals surface area contributed by atoms with Gasteiger partial charge in [0, 0.05) is 10.0 Å². The molecular weight excluding hydrogens is 332 g/mol. The fourth-order valence-electron chi connectivity index (χ4n) is 2.34. The lowest BCUT2D eigenvalue weighted by molar-refractivity contribution is -0.0894. The summed E-state index contributed by atoms with van der Waals surface area (Å²) in [5.41, 5.74) is 3.11. The smallest absolute Gasteiger partial charge is 0.126 e. The van der Waals surface area contributed by atoms with E-state index in [0.717, 1.165) is 26.9 Å². The van der Waals surface area contributed by atoms with E-state index in [1.807, 2.05) is 19.9 Å². The van der Waals surface area contributed by atoms with Crippen LogP contribution in [0.15, 0.2) is 10.5 Å². The van der Waals surface area contributed by atoms with Gasteiger partial charge in [0.1, 0.15) is 11.9 Å². The number of aryl methyl sites for hydroxylation is 1. The molecule has 0 aromatic heterocycles. The van der Waals surface area contributed by atoms with Gasteiger partial charge in [-0.15, -0.1) is 11.6 Å². The number of alkyl halides is 1. The van der Waals surface area contributed by atoms with Gasteiger partial charge in [-0.05, 0) is 31.0 Å². The summed E-state index contributed by atoms with van der Waals surface area (Å²) >= 11 is 10.2. The summed E-state index contributed by atoms with van der Waals surface area (Å²) in [7, 11) is 1.67. The van der Waals surface area contributed by atoms with Crippen molar-refractivity contribution < 1.29 is 14.2 Å². The van der Waals surface area contributed by atoms with E-state index in [9.17, 15) is 0 Å². The van der Waals surface area contributed by atoms with E-state index >= 15 is 0 Å².